The van der Waals surface area contributed by atoms with Crippen LogP contribution in [-0.4, -0.2) is 17.6 Å². The molecule has 3 aromatic rings. The van der Waals surface area contributed by atoms with Gasteiger partial charge >= 0.3 is 12.1 Å². The Hall–Kier alpha value is -2.80. The highest BCUT2D eigenvalue weighted by Gasteiger charge is 2.34. The molecule has 27 heavy (non-hydrogen) atoms. The molecule has 0 radical (unpaired) electrons. The summed E-state index contributed by atoms with van der Waals surface area (Å²) in [5, 5.41) is 3.66. The molecule has 1 aromatic heterocycles. The summed E-state index contributed by atoms with van der Waals surface area (Å²) in [6, 6.07) is 10.2. The van der Waals surface area contributed by atoms with Crippen LogP contribution in [0.3, 0.4) is 0 Å². The van der Waals surface area contributed by atoms with Gasteiger partial charge in [-0.25, -0.2) is 4.79 Å². The second-order valence-corrected chi connectivity index (χ2v) is 6.04. The average molecular weight is 395 g/mol. The number of esters is 1. The zero-order valence-corrected chi connectivity index (χ0v) is 14.9. The first kappa shape index (κ1) is 19.0. The van der Waals surface area contributed by atoms with Gasteiger partial charge in [-0.3, -0.25) is 4.98 Å². The van der Waals surface area contributed by atoms with Crippen LogP contribution in [0.2, 0.25) is 5.02 Å². The number of benzene rings is 2. The van der Waals surface area contributed by atoms with Crippen molar-refractivity contribution >= 4 is 39.8 Å². The van der Waals surface area contributed by atoms with Gasteiger partial charge in [0, 0.05) is 22.3 Å². The zero-order chi connectivity index (χ0) is 19.6. The molecule has 1 heterocycles. The van der Waals surface area contributed by atoms with Crippen LogP contribution in [0.4, 0.5) is 24.5 Å². The lowest BCUT2D eigenvalue weighted by atomic mass is 10.0. The number of hydrogen-bond acceptors (Lipinski definition) is 4. The van der Waals surface area contributed by atoms with Crippen LogP contribution in [0.25, 0.3) is 10.9 Å². The fraction of sp³-hybridized carbons (Fsp3) is 0.158. The maximum Gasteiger partial charge on any atom is 0.418 e. The number of aromatic nitrogens is 1. The first-order chi connectivity index (χ1) is 12.8. The molecule has 8 heteroatoms. The lowest BCUT2D eigenvalue weighted by Gasteiger charge is -2.16. The molecule has 0 aliphatic heterocycles. The van der Waals surface area contributed by atoms with Crippen molar-refractivity contribution in [1.29, 1.82) is 0 Å². The predicted molar refractivity (Wildman–Crippen MR) is 97.4 cm³/mol. The molecule has 4 nitrogen and oxygen atoms in total. The minimum absolute atomic E-state index is 0.0404. The second kappa shape index (κ2) is 7.44. The summed E-state index contributed by atoms with van der Waals surface area (Å²) in [4.78, 5) is 16.2. The van der Waals surface area contributed by atoms with E-state index < -0.39 is 17.7 Å². The van der Waals surface area contributed by atoms with Gasteiger partial charge in [0.25, 0.3) is 0 Å². The van der Waals surface area contributed by atoms with Crippen molar-refractivity contribution in [2.45, 2.75) is 13.1 Å². The van der Waals surface area contributed by atoms with Crippen LogP contribution >= 0.6 is 11.6 Å². The number of fused-ring (bicyclic) bond motifs is 1. The molecule has 0 bridgehead atoms. The lowest BCUT2D eigenvalue weighted by Crippen LogP contribution is -2.11. The molecule has 0 aliphatic rings. The van der Waals surface area contributed by atoms with Crippen LogP contribution in [-0.2, 0) is 10.9 Å². The van der Waals surface area contributed by atoms with Crippen molar-refractivity contribution in [3.8, 4) is 0 Å². The summed E-state index contributed by atoms with van der Waals surface area (Å²) in [5.74, 6) is -0.680. The number of rotatable bonds is 4. The summed E-state index contributed by atoms with van der Waals surface area (Å²) in [6.45, 7) is 1.76. The van der Waals surface area contributed by atoms with Crippen molar-refractivity contribution in [1.82, 2.24) is 4.98 Å². The number of para-hydroxylation sites is 1. The van der Waals surface area contributed by atoms with Crippen LogP contribution in [0, 0.1) is 0 Å². The summed E-state index contributed by atoms with van der Waals surface area (Å²) in [5.41, 5.74) is -0.357. The lowest BCUT2D eigenvalue weighted by molar-refractivity contribution is -0.136. The van der Waals surface area contributed by atoms with Crippen LogP contribution in [0.1, 0.15) is 22.8 Å². The molecular formula is C19H14ClF3N2O2. The normalized spacial score (nSPS) is 11.4. The molecular weight excluding hydrogens is 381 g/mol. The Morgan fingerprint density at radius 3 is 2.52 bits per heavy atom. The van der Waals surface area contributed by atoms with Crippen LogP contribution < -0.4 is 5.32 Å². The Morgan fingerprint density at radius 1 is 1.19 bits per heavy atom. The zero-order valence-electron chi connectivity index (χ0n) is 14.1. The standard InChI is InChI=1S/C19H14ClF3N2O2/c1-2-27-18(26)14-10-24-17-13(4-3-5-15(17)19(21,22)23)16(14)25-12-8-6-11(20)7-9-12/h3-10H,2H2,1H3,(H,24,25). The van der Waals surface area contributed by atoms with Gasteiger partial charge in [-0.15, -0.1) is 0 Å². The highest BCUT2D eigenvalue weighted by molar-refractivity contribution is 6.30. The van der Waals surface area contributed by atoms with Gasteiger partial charge in [0.15, 0.2) is 0 Å². The smallest absolute Gasteiger partial charge is 0.418 e. The van der Waals surface area contributed by atoms with Crippen LogP contribution in [0.5, 0.6) is 0 Å². The van der Waals surface area contributed by atoms with Gasteiger partial charge in [0.2, 0.25) is 0 Å². The van der Waals surface area contributed by atoms with Gasteiger partial charge in [-0.1, -0.05) is 23.7 Å². The molecule has 140 valence electrons. The summed E-state index contributed by atoms with van der Waals surface area (Å²) < 4.78 is 45.0. The number of nitrogens with zero attached hydrogens (tertiary/aromatic N) is 1. The molecule has 0 saturated heterocycles. The van der Waals surface area contributed by atoms with Crippen molar-refractivity contribution in [3.63, 3.8) is 0 Å². The molecule has 0 spiro atoms. The average Bonchev–Trinajstić information content (AvgIpc) is 2.62. The summed E-state index contributed by atoms with van der Waals surface area (Å²) in [7, 11) is 0. The maximum absolute atomic E-state index is 13.3. The third kappa shape index (κ3) is 3.98. The number of hydrogen-bond donors (Lipinski definition) is 1. The SMILES string of the molecule is CCOC(=O)c1cnc2c(C(F)(F)F)cccc2c1Nc1ccc(Cl)cc1. The molecule has 0 atom stereocenters. The van der Waals surface area contributed by atoms with E-state index in [1.54, 1.807) is 31.2 Å². The minimum Gasteiger partial charge on any atom is -0.462 e. The van der Waals surface area contributed by atoms with E-state index in [0.29, 0.717) is 10.7 Å². The van der Waals surface area contributed by atoms with E-state index in [0.717, 1.165) is 12.3 Å². The number of carbonyl (C=O) groups is 1. The second-order valence-electron chi connectivity index (χ2n) is 5.60. The van der Waals surface area contributed by atoms with Crippen molar-refractivity contribution < 1.29 is 22.7 Å². The van der Waals surface area contributed by atoms with Crippen LogP contribution in [0.15, 0.2) is 48.7 Å². The van der Waals surface area contributed by atoms with E-state index in [1.807, 2.05) is 0 Å². The maximum atomic E-state index is 13.3. The Bertz CT molecular complexity index is 989. The summed E-state index contributed by atoms with van der Waals surface area (Å²) >= 11 is 5.87. The Balaban J connectivity index is 2.22. The first-order valence-corrected chi connectivity index (χ1v) is 8.37. The number of carbonyl (C=O) groups excluding carboxylic acids is 1. The molecule has 0 saturated carbocycles. The summed E-state index contributed by atoms with van der Waals surface area (Å²) in [6.07, 6.45) is -3.48. The fourth-order valence-corrected chi connectivity index (χ4v) is 2.75. The minimum atomic E-state index is -4.57. The third-order valence-corrected chi connectivity index (χ3v) is 4.06. The topological polar surface area (TPSA) is 51.2 Å². The molecule has 3 rings (SSSR count). The van der Waals surface area contributed by atoms with Crippen molar-refractivity contribution in [2.24, 2.45) is 0 Å². The molecule has 1 N–H and O–H groups in total. The molecule has 0 aliphatic carbocycles. The number of anilines is 2. The number of nitrogens with one attached hydrogen (secondary N) is 1. The van der Waals surface area contributed by atoms with Gasteiger partial charge in [0.05, 0.1) is 23.4 Å². The third-order valence-electron chi connectivity index (χ3n) is 3.81. The Morgan fingerprint density at radius 2 is 1.89 bits per heavy atom. The predicted octanol–water partition coefficient (Wildman–Crippen LogP) is 5.83. The molecule has 2 aromatic carbocycles. The highest BCUT2D eigenvalue weighted by Crippen LogP contribution is 2.38. The number of alkyl halides is 3. The van der Waals surface area contributed by atoms with E-state index in [9.17, 15) is 18.0 Å². The molecule has 0 amide bonds. The van der Waals surface area contributed by atoms with E-state index in [-0.39, 0.29) is 28.8 Å². The van der Waals surface area contributed by atoms with Gasteiger partial charge in [-0.05, 0) is 37.3 Å². The monoisotopic (exact) mass is 394 g/mol. The largest absolute Gasteiger partial charge is 0.462 e. The van der Waals surface area contributed by atoms with E-state index in [1.165, 1.54) is 12.1 Å². The highest BCUT2D eigenvalue weighted by atomic mass is 35.5. The quantitative estimate of drug-likeness (QED) is 0.566. The van der Waals surface area contributed by atoms with Crippen molar-refractivity contribution in [3.05, 3.63) is 64.8 Å². The van der Waals surface area contributed by atoms with E-state index in [2.05, 4.69) is 10.3 Å². The number of halogens is 4. The fourth-order valence-electron chi connectivity index (χ4n) is 2.63. The Labute approximate surface area is 157 Å². The Kier molecular flexibility index (Phi) is 5.23. The molecule has 0 fully saturated rings. The van der Waals surface area contributed by atoms with Crippen molar-refractivity contribution in [2.75, 3.05) is 11.9 Å². The number of ether oxygens (including phenoxy) is 1. The van der Waals surface area contributed by atoms with Gasteiger partial charge in [0.1, 0.15) is 5.56 Å². The van der Waals surface area contributed by atoms with Gasteiger partial charge in [-0.2, -0.15) is 13.2 Å². The van der Waals surface area contributed by atoms with E-state index in [4.69, 9.17) is 16.3 Å². The first-order valence-electron chi connectivity index (χ1n) is 8.00. The van der Waals surface area contributed by atoms with E-state index >= 15 is 0 Å². The molecule has 0 unspecified atom stereocenters. The number of pyridine rings is 1. The van der Waals surface area contributed by atoms with Gasteiger partial charge < -0.3 is 10.1 Å².